The molecule has 51 heavy (non-hydrogen) atoms. The summed E-state index contributed by atoms with van der Waals surface area (Å²) in [4.78, 5) is 0. The van der Waals surface area contributed by atoms with Crippen LogP contribution < -0.4 is 0 Å². The van der Waals surface area contributed by atoms with E-state index >= 15 is 0 Å². The Morgan fingerprint density at radius 1 is 0.451 bits per heavy atom. The molecule has 7 aromatic carbocycles. The zero-order chi connectivity index (χ0) is 33.5. The molecule has 0 aliphatic heterocycles. The van der Waals surface area contributed by atoms with Crippen LogP contribution in [-0.4, -0.2) is 9.13 Å². The molecule has 0 saturated heterocycles. The summed E-state index contributed by atoms with van der Waals surface area (Å²) < 4.78 is 7.63. The SMILES string of the molecule is C1=CC(n2c3ccccc3c3cc(-c4ccc5c(c4)c4ccccc4n5-c4ccc5sc6ccccc6c5c4)ccc32)CC=C1c1ccccc1. The predicted octanol–water partition coefficient (Wildman–Crippen LogP) is 13.5. The second-order valence-electron chi connectivity index (χ2n) is 13.7. The van der Waals surface area contributed by atoms with E-state index in [0.717, 1.165) is 6.42 Å². The number of thiophene rings is 1. The van der Waals surface area contributed by atoms with Crippen LogP contribution in [0.15, 0.2) is 176 Å². The van der Waals surface area contributed by atoms with Crippen molar-refractivity contribution in [3.63, 3.8) is 0 Å². The van der Waals surface area contributed by atoms with Crippen LogP contribution >= 0.6 is 11.3 Å². The number of allylic oxidation sites excluding steroid dienone is 4. The van der Waals surface area contributed by atoms with Gasteiger partial charge in [-0.2, -0.15) is 0 Å². The number of aromatic nitrogens is 2. The van der Waals surface area contributed by atoms with Crippen molar-refractivity contribution in [2.75, 3.05) is 0 Å². The third-order valence-electron chi connectivity index (χ3n) is 10.9. The minimum Gasteiger partial charge on any atom is -0.333 e. The highest BCUT2D eigenvalue weighted by atomic mass is 32.1. The van der Waals surface area contributed by atoms with Gasteiger partial charge in [0.05, 0.1) is 17.1 Å². The molecule has 1 unspecified atom stereocenters. The molecule has 0 saturated carbocycles. The van der Waals surface area contributed by atoms with E-state index in [9.17, 15) is 0 Å². The lowest BCUT2D eigenvalue weighted by molar-refractivity contribution is 0.649. The first-order valence-corrected chi connectivity index (χ1v) is 18.5. The summed E-state index contributed by atoms with van der Waals surface area (Å²) in [7, 11) is 0. The number of rotatable bonds is 4. The van der Waals surface area contributed by atoms with E-state index in [-0.39, 0.29) is 6.04 Å². The van der Waals surface area contributed by atoms with E-state index in [4.69, 9.17) is 0 Å². The molecule has 0 bridgehead atoms. The molecular weight excluding hydrogens is 637 g/mol. The minimum absolute atomic E-state index is 0.263. The van der Waals surface area contributed by atoms with Crippen LogP contribution in [0, 0.1) is 0 Å². The van der Waals surface area contributed by atoms with Gasteiger partial charge in [0.25, 0.3) is 0 Å². The van der Waals surface area contributed by atoms with Crippen molar-refractivity contribution in [3.8, 4) is 16.8 Å². The first-order valence-electron chi connectivity index (χ1n) is 17.7. The average Bonchev–Trinajstić information content (AvgIpc) is 3.85. The van der Waals surface area contributed by atoms with Crippen molar-refractivity contribution < 1.29 is 0 Å². The summed E-state index contributed by atoms with van der Waals surface area (Å²) in [6.45, 7) is 0. The molecular formula is C48H32N2S. The van der Waals surface area contributed by atoms with E-state index in [1.54, 1.807) is 0 Å². The lowest BCUT2D eigenvalue weighted by atomic mass is 9.97. The van der Waals surface area contributed by atoms with Crippen molar-refractivity contribution in [2.24, 2.45) is 0 Å². The largest absolute Gasteiger partial charge is 0.333 e. The van der Waals surface area contributed by atoms with Crippen LogP contribution in [0.2, 0.25) is 0 Å². The van der Waals surface area contributed by atoms with Gasteiger partial charge >= 0.3 is 0 Å². The van der Waals surface area contributed by atoms with E-state index in [0.29, 0.717) is 0 Å². The van der Waals surface area contributed by atoms with Crippen molar-refractivity contribution in [3.05, 3.63) is 182 Å². The fourth-order valence-corrected chi connectivity index (χ4v) is 9.56. The first kappa shape index (κ1) is 28.7. The summed E-state index contributed by atoms with van der Waals surface area (Å²) in [5, 5.41) is 7.79. The summed E-state index contributed by atoms with van der Waals surface area (Å²) in [5.74, 6) is 0. The maximum absolute atomic E-state index is 2.54. The summed E-state index contributed by atoms with van der Waals surface area (Å²) in [6, 6.07) is 58.4. The van der Waals surface area contributed by atoms with Crippen LogP contribution in [0.1, 0.15) is 18.0 Å². The Balaban J connectivity index is 1.03. The van der Waals surface area contributed by atoms with Gasteiger partial charge in [0.1, 0.15) is 0 Å². The zero-order valence-electron chi connectivity index (χ0n) is 27.8. The maximum atomic E-state index is 2.54. The summed E-state index contributed by atoms with van der Waals surface area (Å²) >= 11 is 1.87. The molecule has 3 heteroatoms. The molecule has 1 aliphatic carbocycles. The van der Waals surface area contributed by atoms with Gasteiger partial charge in [0.15, 0.2) is 0 Å². The topological polar surface area (TPSA) is 9.86 Å². The molecule has 3 aromatic heterocycles. The van der Waals surface area contributed by atoms with E-state index in [1.807, 2.05) is 11.3 Å². The Labute approximate surface area is 299 Å². The molecule has 0 radical (unpaired) electrons. The molecule has 0 spiro atoms. The summed E-state index contributed by atoms with van der Waals surface area (Å²) in [6.07, 6.45) is 8.03. The first-order chi connectivity index (χ1) is 25.3. The second kappa shape index (κ2) is 11.2. The average molecular weight is 669 g/mol. The fourth-order valence-electron chi connectivity index (χ4n) is 8.47. The van der Waals surface area contributed by atoms with Crippen molar-refractivity contribution in [1.82, 2.24) is 9.13 Å². The molecule has 1 aliphatic rings. The number of hydrogen-bond acceptors (Lipinski definition) is 1. The van der Waals surface area contributed by atoms with Gasteiger partial charge in [-0.1, -0.05) is 115 Å². The van der Waals surface area contributed by atoms with Gasteiger partial charge in [-0.25, -0.2) is 0 Å². The van der Waals surface area contributed by atoms with Crippen molar-refractivity contribution in [2.45, 2.75) is 12.5 Å². The van der Waals surface area contributed by atoms with Gasteiger partial charge < -0.3 is 9.13 Å². The maximum Gasteiger partial charge on any atom is 0.0560 e. The molecule has 0 amide bonds. The molecule has 10 aromatic rings. The third-order valence-corrected chi connectivity index (χ3v) is 12.0. The number of fused-ring (bicyclic) bond motifs is 9. The molecule has 2 nitrogen and oxygen atoms in total. The fraction of sp³-hybridized carbons (Fsp3) is 0.0417. The van der Waals surface area contributed by atoms with Crippen LogP contribution in [0.4, 0.5) is 0 Å². The van der Waals surface area contributed by atoms with Crippen LogP contribution in [0.5, 0.6) is 0 Å². The van der Waals surface area contributed by atoms with Crippen LogP contribution in [-0.2, 0) is 0 Å². The highest BCUT2D eigenvalue weighted by molar-refractivity contribution is 7.25. The molecule has 0 N–H and O–H groups in total. The monoisotopic (exact) mass is 668 g/mol. The van der Waals surface area contributed by atoms with Crippen molar-refractivity contribution >= 4 is 80.7 Å². The summed E-state index contributed by atoms with van der Waals surface area (Å²) in [5.41, 5.74) is 11.3. The Kier molecular flexibility index (Phi) is 6.28. The van der Waals surface area contributed by atoms with Gasteiger partial charge in [-0.05, 0) is 89.3 Å². The van der Waals surface area contributed by atoms with Gasteiger partial charge in [0, 0.05) is 58.4 Å². The standard InChI is InChI=1S/C48H32N2S/c1-2-10-31(11-3-1)32-18-22-35(23-19-32)49-43-15-7-4-12-37(43)40-28-33(20-25-45(40)49)34-21-26-46-41(29-34)38-13-5-8-16-44(38)50(46)36-24-27-48-42(30-36)39-14-6-9-17-47(39)51-48/h1-22,24-30,35H,23H2. The van der Waals surface area contributed by atoms with E-state index < -0.39 is 0 Å². The van der Waals surface area contributed by atoms with Gasteiger partial charge in [-0.3, -0.25) is 0 Å². The minimum atomic E-state index is 0.263. The smallest absolute Gasteiger partial charge is 0.0560 e. The Bertz CT molecular complexity index is 3060. The van der Waals surface area contributed by atoms with Crippen LogP contribution in [0.25, 0.3) is 86.2 Å². The highest BCUT2D eigenvalue weighted by Gasteiger charge is 2.20. The normalized spacial score (nSPS) is 14.8. The lowest BCUT2D eigenvalue weighted by Gasteiger charge is -2.21. The van der Waals surface area contributed by atoms with E-state index in [1.165, 1.54) is 91.7 Å². The lowest BCUT2D eigenvalue weighted by Crippen LogP contribution is -2.07. The Morgan fingerprint density at radius 3 is 1.84 bits per heavy atom. The molecule has 1 atom stereocenters. The number of para-hydroxylation sites is 2. The number of nitrogens with zero attached hydrogens (tertiary/aromatic N) is 2. The van der Waals surface area contributed by atoms with E-state index in [2.05, 4.69) is 185 Å². The van der Waals surface area contributed by atoms with Gasteiger partial charge in [0.2, 0.25) is 0 Å². The third kappa shape index (κ3) is 4.42. The molecule has 3 heterocycles. The predicted molar refractivity (Wildman–Crippen MR) is 219 cm³/mol. The van der Waals surface area contributed by atoms with Crippen molar-refractivity contribution in [1.29, 1.82) is 0 Å². The van der Waals surface area contributed by atoms with Gasteiger partial charge in [-0.15, -0.1) is 11.3 Å². The second-order valence-corrected chi connectivity index (χ2v) is 14.8. The highest BCUT2D eigenvalue weighted by Crippen LogP contribution is 2.41. The quantitative estimate of drug-likeness (QED) is 0.177. The number of hydrogen-bond donors (Lipinski definition) is 0. The number of benzene rings is 7. The molecule has 240 valence electrons. The molecule has 11 rings (SSSR count). The Morgan fingerprint density at radius 2 is 1.06 bits per heavy atom. The van der Waals surface area contributed by atoms with Crippen LogP contribution in [0.3, 0.4) is 0 Å². The zero-order valence-corrected chi connectivity index (χ0v) is 28.6. The Hall–Kier alpha value is -6.16. The molecule has 0 fully saturated rings.